The molecule has 4 nitrogen and oxygen atoms in total. The third-order valence-electron chi connectivity index (χ3n) is 2.79. The predicted octanol–water partition coefficient (Wildman–Crippen LogP) is 2.51. The largest absolute Gasteiger partial charge is 0.378 e. The molecule has 0 amide bonds. The van der Waals surface area contributed by atoms with Gasteiger partial charge in [0.25, 0.3) is 5.69 Å². The van der Waals surface area contributed by atoms with Crippen LogP contribution in [-0.4, -0.2) is 15.6 Å². The van der Waals surface area contributed by atoms with Crippen molar-refractivity contribution in [3.63, 3.8) is 0 Å². The standard InChI is InChI=1S/C12H10ClNO3/c13-10-3-1-4-11(14(16)17)9(10)5-8-12(15)6-2-7-12/h1,3-4,15H,2,6-7H2. The third-order valence-corrected chi connectivity index (χ3v) is 3.10. The van der Waals surface area contributed by atoms with Crippen LogP contribution in [0.25, 0.3) is 0 Å². The molecular formula is C12H10ClNO3. The Morgan fingerprint density at radius 3 is 2.71 bits per heavy atom. The maximum absolute atomic E-state index is 10.8. The Hall–Kier alpha value is -1.57. The van der Waals surface area contributed by atoms with Crippen molar-refractivity contribution >= 4 is 17.3 Å². The van der Waals surface area contributed by atoms with E-state index in [1.165, 1.54) is 12.1 Å². The summed E-state index contributed by atoms with van der Waals surface area (Å²) < 4.78 is 0. The highest BCUT2D eigenvalue weighted by Gasteiger charge is 2.32. The molecule has 17 heavy (non-hydrogen) atoms. The van der Waals surface area contributed by atoms with E-state index in [9.17, 15) is 15.2 Å². The van der Waals surface area contributed by atoms with Gasteiger partial charge in [0, 0.05) is 6.07 Å². The van der Waals surface area contributed by atoms with Crippen molar-refractivity contribution < 1.29 is 10.0 Å². The first kappa shape index (κ1) is 11.9. The summed E-state index contributed by atoms with van der Waals surface area (Å²) >= 11 is 5.87. The summed E-state index contributed by atoms with van der Waals surface area (Å²) in [5.41, 5.74) is -0.958. The van der Waals surface area contributed by atoms with Gasteiger partial charge in [-0.05, 0) is 25.3 Å². The van der Waals surface area contributed by atoms with Gasteiger partial charge >= 0.3 is 0 Å². The van der Waals surface area contributed by atoms with Gasteiger partial charge in [-0.2, -0.15) is 0 Å². The molecule has 1 aliphatic carbocycles. The molecule has 0 aromatic heterocycles. The second kappa shape index (κ2) is 4.36. The van der Waals surface area contributed by atoms with Crippen LogP contribution in [0.3, 0.4) is 0 Å². The van der Waals surface area contributed by atoms with Crippen molar-refractivity contribution in [1.29, 1.82) is 0 Å². The lowest BCUT2D eigenvalue weighted by Crippen LogP contribution is -2.34. The molecule has 0 bridgehead atoms. The second-order valence-corrected chi connectivity index (χ2v) is 4.43. The summed E-state index contributed by atoms with van der Waals surface area (Å²) in [4.78, 5) is 10.3. The van der Waals surface area contributed by atoms with E-state index in [0.717, 1.165) is 6.42 Å². The van der Waals surface area contributed by atoms with Gasteiger partial charge in [-0.3, -0.25) is 10.1 Å². The van der Waals surface area contributed by atoms with E-state index in [-0.39, 0.29) is 16.3 Å². The molecule has 0 atom stereocenters. The zero-order valence-corrected chi connectivity index (χ0v) is 9.70. The van der Waals surface area contributed by atoms with E-state index in [2.05, 4.69) is 11.8 Å². The first-order chi connectivity index (χ1) is 8.02. The lowest BCUT2D eigenvalue weighted by atomic mass is 9.81. The number of hydrogen-bond acceptors (Lipinski definition) is 3. The smallest absolute Gasteiger partial charge is 0.286 e. The Morgan fingerprint density at radius 2 is 2.18 bits per heavy atom. The van der Waals surface area contributed by atoms with Crippen molar-refractivity contribution in [2.24, 2.45) is 0 Å². The van der Waals surface area contributed by atoms with Crippen LogP contribution in [-0.2, 0) is 0 Å². The average Bonchev–Trinajstić information content (AvgIpc) is 2.24. The number of nitrogens with zero attached hydrogens (tertiary/aromatic N) is 1. The van der Waals surface area contributed by atoms with Crippen molar-refractivity contribution in [2.75, 3.05) is 0 Å². The van der Waals surface area contributed by atoms with Crippen LogP contribution in [0.15, 0.2) is 18.2 Å². The molecule has 0 saturated heterocycles. The summed E-state index contributed by atoms with van der Waals surface area (Å²) in [7, 11) is 0. The molecule has 0 radical (unpaired) electrons. The molecular weight excluding hydrogens is 242 g/mol. The number of aliphatic hydroxyl groups is 1. The zero-order valence-electron chi connectivity index (χ0n) is 8.94. The van der Waals surface area contributed by atoms with Crippen LogP contribution >= 0.6 is 11.6 Å². The van der Waals surface area contributed by atoms with E-state index < -0.39 is 10.5 Å². The molecule has 1 aliphatic rings. The maximum atomic E-state index is 10.8. The normalized spacial score (nSPS) is 16.6. The van der Waals surface area contributed by atoms with Gasteiger partial charge in [0.2, 0.25) is 0 Å². The SMILES string of the molecule is O=[N+]([O-])c1cccc(Cl)c1C#CC1(O)CCC1. The first-order valence-corrected chi connectivity index (χ1v) is 5.58. The Bertz CT molecular complexity index is 526. The summed E-state index contributed by atoms with van der Waals surface area (Å²) in [5, 5.41) is 20.8. The van der Waals surface area contributed by atoms with Crippen LogP contribution in [0.2, 0.25) is 5.02 Å². The van der Waals surface area contributed by atoms with Gasteiger partial charge in [0.05, 0.1) is 9.95 Å². The van der Waals surface area contributed by atoms with Crippen LogP contribution in [0, 0.1) is 22.0 Å². The highest BCUT2D eigenvalue weighted by atomic mass is 35.5. The van der Waals surface area contributed by atoms with Gasteiger partial charge in [-0.15, -0.1) is 0 Å². The van der Waals surface area contributed by atoms with E-state index in [0.29, 0.717) is 12.8 Å². The van der Waals surface area contributed by atoms with Crippen molar-refractivity contribution in [3.05, 3.63) is 38.9 Å². The Kier molecular flexibility index (Phi) is 3.05. The van der Waals surface area contributed by atoms with Gasteiger partial charge < -0.3 is 5.11 Å². The Morgan fingerprint density at radius 1 is 1.47 bits per heavy atom. The molecule has 1 fully saturated rings. The molecule has 0 spiro atoms. The van der Waals surface area contributed by atoms with Crippen molar-refractivity contribution in [1.82, 2.24) is 0 Å². The molecule has 1 aromatic rings. The fourth-order valence-corrected chi connectivity index (χ4v) is 1.82. The molecule has 5 heteroatoms. The summed E-state index contributed by atoms with van der Waals surface area (Å²) in [5.74, 6) is 5.30. The zero-order chi connectivity index (χ0) is 12.5. The third kappa shape index (κ3) is 2.41. The Labute approximate surface area is 103 Å². The minimum atomic E-state index is -0.993. The van der Waals surface area contributed by atoms with Crippen LogP contribution in [0.4, 0.5) is 5.69 Å². The lowest BCUT2D eigenvalue weighted by molar-refractivity contribution is -0.385. The number of nitro groups is 1. The summed E-state index contributed by atoms with van der Waals surface area (Å²) in [6.45, 7) is 0. The van der Waals surface area contributed by atoms with E-state index >= 15 is 0 Å². The van der Waals surface area contributed by atoms with Crippen molar-refractivity contribution in [2.45, 2.75) is 24.9 Å². The summed E-state index contributed by atoms with van der Waals surface area (Å²) in [6, 6.07) is 4.40. The molecule has 88 valence electrons. The number of halogens is 1. The van der Waals surface area contributed by atoms with Gasteiger partial charge in [0.1, 0.15) is 11.2 Å². The minimum Gasteiger partial charge on any atom is -0.378 e. The first-order valence-electron chi connectivity index (χ1n) is 5.20. The highest BCUT2D eigenvalue weighted by molar-refractivity contribution is 6.32. The minimum absolute atomic E-state index is 0.132. The molecule has 2 rings (SSSR count). The Balaban J connectivity index is 2.40. The predicted molar refractivity (Wildman–Crippen MR) is 63.8 cm³/mol. The van der Waals surface area contributed by atoms with Crippen LogP contribution in [0.1, 0.15) is 24.8 Å². The fourth-order valence-electron chi connectivity index (χ4n) is 1.60. The monoisotopic (exact) mass is 251 g/mol. The number of hydrogen-bond donors (Lipinski definition) is 1. The fraction of sp³-hybridized carbons (Fsp3) is 0.333. The number of rotatable bonds is 1. The topological polar surface area (TPSA) is 63.4 Å². The number of nitro benzene ring substituents is 1. The van der Waals surface area contributed by atoms with E-state index in [1.807, 2.05) is 0 Å². The molecule has 0 unspecified atom stereocenters. The van der Waals surface area contributed by atoms with Gasteiger partial charge in [-0.25, -0.2) is 0 Å². The molecule has 1 aromatic carbocycles. The maximum Gasteiger partial charge on any atom is 0.286 e. The van der Waals surface area contributed by atoms with Crippen LogP contribution in [0.5, 0.6) is 0 Å². The molecule has 0 heterocycles. The summed E-state index contributed by atoms with van der Waals surface area (Å²) in [6.07, 6.45) is 2.15. The second-order valence-electron chi connectivity index (χ2n) is 4.03. The van der Waals surface area contributed by atoms with Crippen molar-refractivity contribution in [3.8, 4) is 11.8 Å². The van der Waals surface area contributed by atoms with Gasteiger partial charge in [0.15, 0.2) is 0 Å². The highest BCUT2D eigenvalue weighted by Crippen LogP contribution is 2.31. The average molecular weight is 252 g/mol. The lowest BCUT2D eigenvalue weighted by Gasteiger charge is -2.30. The van der Waals surface area contributed by atoms with E-state index in [4.69, 9.17) is 11.6 Å². The van der Waals surface area contributed by atoms with E-state index in [1.54, 1.807) is 6.07 Å². The number of benzene rings is 1. The molecule has 1 N–H and O–H groups in total. The quantitative estimate of drug-likeness (QED) is 0.474. The van der Waals surface area contributed by atoms with Crippen LogP contribution < -0.4 is 0 Å². The molecule has 1 saturated carbocycles. The molecule has 0 aliphatic heterocycles. The van der Waals surface area contributed by atoms with Gasteiger partial charge in [-0.1, -0.05) is 29.5 Å².